The summed E-state index contributed by atoms with van der Waals surface area (Å²) in [5, 5.41) is 10.8. The van der Waals surface area contributed by atoms with Crippen LogP contribution >= 0.6 is 24.0 Å². The van der Waals surface area contributed by atoms with E-state index in [1.54, 1.807) is 29.2 Å². The number of nitrogens with zero attached hydrogens (tertiary/aromatic N) is 4. The van der Waals surface area contributed by atoms with Crippen molar-refractivity contribution in [3.05, 3.63) is 78.0 Å². The van der Waals surface area contributed by atoms with Gasteiger partial charge in [0.15, 0.2) is 11.8 Å². The summed E-state index contributed by atoms with van der Waals surface area (Å²) in [6, 6.07) is 12.5. The van der Waals surface area contributed by atoms with Crippen molar-refractivity contribution in [2.75, 3.05) is 13.1 Å². The van der Waals surface area contributed by atoms with Gasteiger partial charge in [0.25, 0.3) is 0 Å². The largest absolute Gasteiger partial charge is 0.357 e. The molecule has 3 rings (SSSR count). The van der Waals surface area contributed by atoms with Gasteiger partial charge in [-0.05, 0) is 48.4 Å². The summed E-state index contributed by atoms with van der Waals surface area (Å²) in [6.07, 6.45) is 5.34. The maximum absolute atomic E-state index is 13.6. The molecule has 0 bridgehead atoms. The first-order valence-corrected chi connectivity index (χ1v) is 9.71. The highest BCUT2D eigenvalue weighted by atomic mass is 127. The van der Waals surface area contributed by atoms with E-state index in [0.717, 1.165) is 29.4 Å². The molecule has 0 aliphatic rings. The zero-order chi connectivity index (χ0) is 20.7. The molecule has 2 N–H and O–H groups in total. The molecule has 0 spiro atoms. The van der Waals surface area contributed by atoms with Gasteiger partial charge < -0.3 is 10.6 Å². The van der Waals surface area contributed by atoms with Crippen molar-refractivity contribution < 1.29 is 4.39 Å². The van der Waals surface area contributed by atoms with Gasteiger partial charge in [-0.15, -0.1) is 24.0 Å². The van der Waals surface area contributed by atoms with E-state index >= 15 is 0 Å². The molecule has 0 aliphatic heterocycles. The SMILES string of the molecule is CCNC(=NCc1ccnc(-n2cccn2)c1)NCC(C)(C)c1cccc(F)c1.I. The van der Waals surface area contributed by atoms with E-state index in [9.17, 15) is 4.39 Å². The van der Waals surface area contributed by atoms with Gasteiger partial charge in [0.1, 0.15) is 5.82 Å². The molecule has 8 heteroatoms. The normalized spacial score (nSPS) is 11.7. The lowest BCUT2D eigenvalue weighted by molar-refractivity contribution is 0.503. The molecular formula is C22H28FIN6. The smallest absolute Gasteiger partial charge is 0.191 e. The molecule has 6 nitrogen and oxygen atoms in total. The molecule has 30 heavy (non-hydrogen) atoms. The summed E-state index contributed by atoms with van der Waals surface area (Å²) in [6.45, 7) is 8.07. The fraction of sp³-hybridized carbons (Fsp3) is 0.318. The lowest BCUT2D eigenvalue weighted by atomic mass is 9.84. The average Bonchev–Trinajstić information content (AvgIpc) is 3.25. The van der Waals surface area contributed by atoms with Crippen LogP contribution in [0.3, 0.4) is 0 Å². The van der Waals surface area contributed by atoms with Crippen molar-refractivity contribution in [3.8, 4) is 5.82 Å². The molecule has 160 valence electrons. The molecule has 0 aliphatic carbocycles. The third kappa shape index (κ3) is 6.51. The van der Waals surface area contributed by atoms with Gasteiger partial charge in [0.05, 0.1) is 6.54 Å². The number of nitrogens with one attached hydrogen (secondary N) is 2. The summed E-state index contributed by atoms with van der Waals surface area (Å²) in [7, 11) is 0. The van der Waals surface area contributed by atoms with Crippen LogP contribution in [0, 0.1) is 5.82 Å². The Bertz CT molecular complexity index is 956. The minimum atomic E-state index is -0.248. The first-order valence-electron chi connectivity index (χ1n) is 9.71. The number of benzene rings is 1. The molecular weight excluding hydrogens is 494 g/mol. The van der Waals surface area contributed by atoms with Gasteiger partial charge in [-0.3, -0.25) is 0 Å². The molecule has 0 radical (unpaired) electrons. The Morgan fingerprint density at radius 3 is 2.67 bits per heavy atom. The number of pyridine rings is 1. The molecule has 2 heterocycles. The van der Waals surface area contributed by atoms with Crippen LogP contribution < -0.4 is 10.6 Å². The monoisotopic (exact) mass is 522 g/mol. The number of aromatic nitrogens is 3. The Hall–Kier alpha value is -2.49. The van der Waals surface area contributed by atoms with Crippen LogP contribution in [-0.4, -0.2) is 33.8 Å². The second-order valence-corrected chi connectivity index (χ2v) is 7.42. The zero-order valence-electron chi connectivity index (χ0n) is 17.5. The average molecular weight is 522 g/mol. The van der Waals surface area contributed by atoms with Crippen LogP contribution in [-0.2, 0) is 12.0 Å². The quantitative estimate of drug-likeness (QED) is 0.279. The minimum absolute atomic E-state index is 0. The molecule has 0 saturated heterocycles. The van der Waals surface area contributed by atoms with Gasteiger partial charge in [0, 0.05) is 37.1 Å². The molecule has 3 aromatic rings. The van der Waals surface area contributed by atoms with Crippen molar-refractivity contribution in [2.45, 2.75) is 32.7 Å². The summed E-state index contributed by atoms with van der Waals surface area (Å²) in [4.78, 5) is 9.03. The predicted molar refractivity (Wildman–Crippen MR) is 129 cm³/mol. The summed E-state index contributed by atoms with van der Waals surface area (Å²) in [5.41, 5.74) is 1.73. The Balaban J connectivity index is 0.00000320. The highest BCUT2D eigenvalue weighted by Crippen LogP contribution is 2.22. The van der Waals surface area contributed by atoms with Crippen LogP contribution in [0.15, 0.2) is 66.0 Å². The van der Waals surface area contributed by atoms with Crippen molar-refractivity contribution in [1.82, 2.24) is 25.4 Å². The van der Waals surface area contributed by atoms with Gasteiger partial charge in [-0.25, -0.2) is 19.0 Å². The number of hydrogen-bond acceptors (Lipinski definition) is 3. The van der Waals surface area contributed by atoms with Crippen molar-refractivity contribution in [3.63, 3.8) is 0 Å². The van der Waals surface area contributed by atoms with Crippen LogP contribution in [0.1, 0.15) is 31.9 Å². The number of guanidine groups is 1. The van der Waals surface area contributed by atoms with E-state index in [-0.39, 0.29) is 35.2 Å². The fourth-order valence-corrected chi connectivity index (χ4v) is 2.92. The van der Waals surface area contributed by atoms with Crippen molar-refractivity contribution in [1.29, 1.82) is 0 Å². The molecule has 0 fully saturated rings. The maximum atomic E-state index is 13.6. The molecule has 0 atom stereocenters. The van der Waals surface area contributed by atoms with E-state index < -0.39 is 0 Å². The van der Waals surface area contributed by atoms with Crippen LogP contribution in [0.25, 0.3) is 5.82 Å². The van der Waals surface area contributed by atoms with Gasteiger partial charge in [-0.2, -0.15) is 5.10 Å². The topological polar surface area (TPSA) is 67.1 Å². The summed E-state index contributed by atoms with van der Waals surface area (Å²) in [5.74, 6) is 1.25. The number of aliphatic imine (C=N–C) groups is 1. The second kappa shape index (κ2) is 11.1. The number of rotatable bonds is 7. The van der Waals surface area contributed by atoms with Gasteiger partial charge in [0.2, 0.25) is 0 Å². The summed E-state index contributed by atoms with van der Waals surface area (Å²) < 4.78 is 15.3. The lowest BCUT2D eigenvalue weighted by Gasteiger charge is -2.27. The Morgan fingerprint density at radius 2 is 1.97 bits per heavy atom. The third-order valence-electron chi connectivity index (χ3n) is 4.62. The van der Waals surface area contributed by atoms with Crippen LogP contribution in [0.4, 0.5) is 4.39 Å². The minimum Gasteiger partial charge on any atom is -0.357 e. The lowest BCUT2D eigenvalue weighted by Crippen LogP contribution is -2.43. The van der Waals surface area contributed by atoms with Crippen LogP contribution in [0.5, 0.6) is 0 Å². The van der Waals surface area contributed by atoms with E-state index in [1.807, 2.05) is 37.4 Å². The van der Waals surface area contributed by atoms with Crippen molar-refractivity contribution >= 4 is 29.9 Å². The van der Waals surface area contributed by atoms with Crippen molar-refractivity contribution in [2.24, 2.45) is 4.99 Å². The Morgan fingerprint density at radius 1 is 1.13 bits per heavy atom. The van der Waals surface area contributed by atoms with E-state index in [4.69, 9.17) is 0 Å². The standard InChI is InChI=1S/C22H27FN6.HI/c1-4-24-21(27-16-22(2,3)18-7-5-8-19(23)14-18)26-15-17-9-11-25-20(13-17)29-12-6-10-28-29;/h5-14H,4,15-16H2,1-3H3,(H2,24,26,27);1H. The first-order chi connectivity index (χ1) is 14.0. The predicted octanol–water partition coefficient (Wildman–Crippen LogP) is 4.06. The number of hydrogen-bond donors (Lipinski definition) is 2. The molecule has 0 unspecified atom stereocenters. The Labute approximate surface area is 194 Å². The highest BCUT2D eigenvalue weighted by Gasteiger charge is 2.21. The fourth-order valence-electron chi connectivity index (χ4n) is 2.92. The summed E-state index contributed by atoms with van der Waals surface area (Å²) >= 11 is 0. The van der Waals surface area contributed by atoms with E-state index in [1.165, 1.54) is 6.07 Å². The molecule has 2 aromatic heterocycles. The maximum Gasteiger partial charge on any atom is 0.191 e. The second-order valence-electron chi connectivity index (χ2n) is 7.42. The molecule has 0 amide bonds. The number of halogens is 2. The van der Waals surface area contributed by atoms with Gasteiger partial charge >= 0.3 is 0 Å². The van der Waals surface area contributed by atoms with Crippen LogP contribution in [0.2, 0.25) is 0 Å². The third-order valence-corrected chi connectivity index (χ3v) is 4.62. The highest BCUT2D eigenvalue weighted by molar-refractivity contribution is 14.0. The van der Waals surface area contributed by atoms with Gasteiger partial charge in [-0.1, -0.05) is 26.0 Å². The molecule has 0 saturated carbocycles. The zero-order valence-corrected chi connectivity index (χ0v) is 19.8. The Kier molecular flexibility index (Phi) is 8.76. The van der Waals surface area contributed by atoms with E-state index in [2.05, 4.69) is 39.6 Å². The molecule has 1 aromatic carbocycles. The first kappa shape index (κ1) is 23.8. The van der Waals surface area contributed by atoms with E-state index in [0.29, 0.717) is 13.1 Å².